The lowest BCUT2D eigenvalue weighted by Gasteiger charge is -2.17. The number of rotatable bonds is 8. The van der Waals surface area contributed by atoms with Crippen LogP contribution in [-0.2, 0) is 35.0 Å². The molecular weight excluding hydrogens is 508 g/mol. The van der Waals surface area contributed by atoms with E-state index in [4.69, 9.17) is 0 Å². The molecule has 2 N–H and O–H groups in total. The van der Waals surface area contributed by atoms with Crippen molar-refractivity contribution in [1.29, 1.82) is 5.26 Å². The standard InChI is InChI=1S/C26H24F4N4O2S/c1-15-8-17(12-31)10-21(9-15)24-20(6-7-23(34-24)26(28,29)30)13-32-25(35)16(2)18-4-5-19(22(27)11-18)14-33-37(3)36/h4-11,16,33H,13-14H2,1-3H3,(H,32,35). The van der Waals surface area contributed by atoms with Crippen LogP contribution in [0.15, 0.2) is 48.5 Å². The lowest BCUT2D eigenvalue weighted by Crippen LogP contribution is -2.28. The summed E-state index contributed by atoms with van der Waals surface area (Å²) in [5.74, 6) is -1.78. The molecule has 3 aromatic rings. The van der Waals surface area contributed by atoms with Crippen molar-refractivity contribution in [3.8, 4) is 17.3 Å². The first-order valence-electron chi connectivity index (χ1n) is 11.1. The molecular formula is C26H24F4N4O2S. The van der Waals surface area contributed by atoms with Gasteiger partial charge in [0.15, 0.2) is 0 Å². The first-order valence-corrected chi connectivity index (χ1v) is 12.7. The molecule has 0 saturated carbocycles. The number of halogens is 4. The summed E-state index contributed by atoms with van der Waals surface area (Å²) >= 11 is 0. The van der Waals surface area contributed by atoms with Crippen LogP contribution in [0.25, 0.3) is 11.3 Å². The fraction of sp³-hybridized carbons (Fsp3) is 0.269. The van der Waals surface area contributed by atoms with Crippen molar-refractivity contribution in [2.45, 2.75) is 39.0 Å². The molecule has 2 unspecified atom stereocenters. The van der Waals surface area contributed by atoms with Crippen molar-refractivity contribution in [2.75, 3.05) is 6.26 Å². The monoisotopic (exact) mass is 532 g/mol. The van der Waals surface area contributed by atoms with Crippen LogP contribution in [0.1, 0.15) is 46.4 Å². The molecule has 11 heteroatoms. The normalized spacial score (nSPS) is 13.0. The zero-order valence-corrected chi connectivity index (χ0v) is 21.1. The van der Waals surface area contributed by atoms with Crippen LogP contribution in [0.4, 0.5) is 17.6 Å². The minimum Gasteiger partial charge on any atom is -0.351 e. The van der Waals surface area contributed by atoms with Crippen LogP contribution < -0.4 is 10.0 Å². The number of pyridine rings is 1. The van der Waals surface area contributed by atoms with Crippen LogP contribution in [-0.4, -0.2) is 21.4 Å². The van der Waals surface area contributed by atoms with Gasteiger partial charge in [0, 0.05) is 30.5 Å². The van der Waals surface area contributed by atoms with Gasteiger partial charge in [-0.05, 0) is 60.9 Å². The Morgan fingerprint density at radius 1 is 1.11 bits per heavy atom. The van der Waals surface area contributed by atoms with Gasteiger partial charge < -0.3 is 5.32 Å². The van der Waals surface area contributed by atoms with E-state index in [-0.39, 0.29) is 24.3 Å². The number of carbonyl (C=O) groups is 1. The number of nitriles is 1. The summed E-state index contributed by atoms with van der Waals surface area (Å²) in [5.41, 5.74) is 1.18. The number of aromatic nitrogens is 1. The van der Waals surface area contributed by atoms with Crippen molar-refractivity contribution in [1.82, 2.24) is 15.0 Å². The molecule has 1 heterocycles. The molecule has 0 aliphatic rings. The Labute approximate surface area is 214 Å². The van der Waals surface area contributed by atoms with Crippen molar-refractivity contribution >= 4 is 16.9 Å². The molecule has 2 atom stereocenters. The molecule has 6 nitrogen and oxygen atoms in total. The van der Waals surface area contributed by atoms with E-state index in [1.54, 1.807) is 32.0 Å². The minimum atomic E-state index is -4.68. The van der Waals surface area contributed by atoms with E-state index in [1.165, 1.54) is 30.5 Å². The maximum absolute atomic E-state index is 14.5. The summed E-state index contributed by atoms with van der Waals surface area (Å²) in [6, 6.07) is 13.0. The number of hydrogen-bond donors (Lipinski definition) is 2. The summed E-state index contributed by atoms with van der Waals surface area (Å²) < 4.78 is 68.3. The molecule has 1 amide bonds. The van der Waals surface area contributed by atoms with E-state index in [0.717, 1.165) is 6.07 Å². The average Bonchev–Trinajstić information content (AvgIpc) is 2.84. The molecule has 37 heavy (non-hydrogen) atoms. The van der Waals surface area contributed by atoms with Crippen molar-refractivity contribution in [2.24, 2.45) is 0 Å². The van der Waals surface area contributed by atoms with Crippen LogP contribution >= 0.6 is 0 Å². The van der Waals surface area contributed by atoms with Gasteiger partial charge in [-0.25, -0.2) is 18.3 Å². The second kappa shape index (κ2) is 11.6. The summed E-state index contributed by atoms with van der Waals surface area (Å²) in [6.07, 6.45) is -3.25. The summed E-state index contributed by atoms with van der Waals surface area (Å²) in [6.45, 7) is 3.22. The Balaban J connectivity index is 1.84. The lowest BCUT2D eigenvalue weighted by molar-refractivity contribution is -0.141. The van der Waals surface area contributed by atoms with Crippen molar-refractivity contribution < 1.29 is 26.6 Å². The third-order valence-corrected chi connectivity index (χ3v) is 6.19. The Bertz CT molecular complexity index is 1390. The fourth-order valence-electron chi connectivity index (χ4n) is 3.67. The van der Waals surface area contributed by atoms with E-state index in [9.17, 15) is 31.8 Å². The number of nitrogens with one attached hydrogen (secondary N) is 2. The Kier molecular flexibility index (Phi) is 8.78. The molecule has 2 aromatic carbocycles. The second-order valence-corrected chi connectivity index (χ2v) is 9.66. The molecule has 1 aromatic heterocycles. The van der Waals surface area contributed by atoms with Gasteiger partial charge in [-0.3, -0.25) is 4.79 Å². The zero-order chi connectivity index (χ0) is 27.3. The van der Waals surface area contributed by atoms with Gasteiger partial charge in [-0.15, -0.1) is 0 Å². The number of carbonyl (C=O) groups excluding carboxylic acids is 1. The van der Waals surface area contributed by atoms with Gasteiger partial charge in [0.1, 0.15) is 11.5 Å². The van der Waals surface area contributed by atoms with Gasteiger partial charge in [-0.2, -0.15) is 18.4 Å². The van der Waals surface area contributed by atoms with Gasteiger partial charge in [0.2, 0.25) is 5.91 Å². The third kappa shape index (κ3) is 7.21. The van der Waals surface area contributed by atoms with Crippen LogP contribution in [0.2, 0.25) is 0 Å². The number of amides is 1. The van der Waals surface area contributed by atoms with Gasteiger partial charge in [0.05, 0.1) is 34.2 Å². The second-order valence-electron chi connectivity index (χ2n) is 8.47. The quantitative estimate of drug-likeness (QED) is 0.404. The van der Waals surface area contributed by atoms with E-state index >= 15 is 0 Å². The first kappa shape index (κ1) is 28.0. The molecule has 0 radical (unpaired) electrons. The maximum atomic E-state index is 14.5. The van der Waals surface area contributed by atoms with Crippen molar-refractivity contribution in [3.63, 3.8) is 0 Å². The summed E-state index contributed by atoms with van der Waals surface area (Å²) in [5, 5.41) is 12.0. The van der Waals surface area contributed by atoms with E-state index in [2.05, 4.69) is 15.0 Å². The predicted octanol–water partition coefficient (Wildman–Crippen LogP) is 4.89. The average molecular weight is 533 g/mol. The Hall–Kier alpha value is -3.62. The molecule has 3 rings (SSSR count). The summed E-state index contributed by atoms with van der Waals surface area (Å²) in [7, 11) is -1.31. The largest absolute Gasteiger partial charge is 0.433 e. The summed E-state index contributed by atoms with van der Waals surface area (Å²) in [4.78, 5) is 16.6. The molecule has 0 aliphatic heterocycles. The Morgan fingerprint density at radius 2 is 1.81 bits per heavy atom. The molecule has 0 fully saturated rings. The molecule has 0 aliphatic carbocycles. The molecule has 194 valence electrons. The van der Waals surface area contributed by atoms with E-state index in [1.807, 2.05) is 6.07 Å². The number of aryl methyl sites for hydroxylation is 1. The Morgan fingerprint density at radius 3 is 2.43 bits per heavy atom. The maximum Gasteiger partial charge on any atom is 0.433 e. The number of benzene rings is 2. The topological polar surface area (TPSA) is 94.9 Å². The lowest BCUT2D eigenvalue weighted by atomic mass is 9.98. The highest BCUT2D eigenvalue weighted by molar-refractivity contribution is 7.82. The van der Waals surface area contributed by atoms with Crippen LogP contribution in [0, 0.1) is 24.1 Å². The van der Waals surface area contributed by atoms with E-state index in [0.29, 0.717) is 27.8 Å². The van der Waals surface area contributed by atoms with Crippen LogP contribution in [0.3, 0.4) is 0 Å². The van der Waals surface area contributed by atoms with Crippen molar-refractivity contribution in [3.05, 3.63) is 87.9 Å². The number of alkyl halides is 3. The smallest absolute Gasteiger partial charge is 0.351 e. The van der Waals surface area contributed by atoms with Crippen LogP contribution in [0.5, 0.6) is 0 Å². The van der Waals surface area contributed by atoms with Gasteiger partial charge in [0.25, 0.3) is 0 Å². The fourth-order valence-corrected chi connectivity index (χ4v) is 4.02. The third-order valence-electron chi connectivity index (χ3n) is 5.64. The zero-order valence-electron chi connectivity index (χ0n) is 20.2. The number of nitrogens with zero attached hydrogens (tertiary/aromatic N) is 2. The molecule has 0 spiro atoms. The minimum absolute atomic E-state index is 0.000753. The van der Waals surface area contributed by atoms with E-state index < -0.39 is 40.5 Å². The first-order chi connectivity index (χ1) is 17.4. The van der Waals surface area contributed by atoms with Gasteiger partial charge >= 0.3 is 6.18 Å². The number of hydrogen-bond acceptors (Lipinski definition) is 4. The molecule has 0 bridgehead atoms. The predicted molar refractivity (Wildman–Crippen MR) is 132 cm³/mol. The molecule has 0 saturated heterocycles. The highest BCUT2D eigenvalue weighted by atomic mass is 32.2. The highest BCUT2D eigenvalue weighted by Crippen LogP contribution is 2.32. The highest BCUT2D eigenvalue weighted by Gasteiger charge is 2.33. The van der Waals surface area contributed by atoms with Gasteiger partial charge in [-0.1, -0.05) is 18.2 Å². The SMILES string of the molecule is Cc1cc(C#N)cc(-c2nc(C(F)(F)F)ccc2CNC(=O)C(C)c2ccc(CNS(C)=O)c(F)c2)c1.